The number of aromatic nitrogens is 2. The molecule has 6 nitrogen and oxygen atoms in total. The van der Waals surface area contributed by atoms with Crippen LogP contribution < -0.4 is 5.32 Å². The van der Waals surface area contributed by atoms with Crippen LogP contribution in [0.4, 0.5) is 5.82 Å². The molecule has 0 spiro atoms. The second-order valence-corrected chi connectivity index (χ2v) is 10.2. The molecule has 1 aromatic rings. The van der Waals surface area contributed by atoms with E-state index in [2.05, 4.69) is 38.3 Å². The zero-order chi connectivity index (χ0) is 23.6. The number of nitrogens with one attached hydrogen (secondary N) is 1. The molecular formula is C26H42BrN5O. The summed E-state index contributed by atoms with van der Waals surface area (Å²) in [6, 6.07) is 0. The lowest BCUT2D eigenvalue weighted by atomic mass is 9.91. The van der Waals surface area contributed by atoms with E-state index in [1.165, 1.54) is 45.1 Å². The molecule has 0 amide bonds. The van der Waals surface area contributed by atoms with Crippen molar-refractivity contribution in [1.29, 1.82) is 0 Å². The summed E-state index contributed by atoms with van der Waals surface area (Å²) in [4.78, 5) is 7.39. The normalized spacial score (nSPS) is 23.3. The van der Waals surface area contributed by atoms with E-state index < -0.39 is 0 Å². The van der Waals surface area contributed by atoms with E-state index in [-0.39, 0.29) is 12.1 Å². The second kappa shape index (κ2) is 13.4. The Labute approximate surface area is 208 Å². The quantitative estimate of drug-likeness (QED) is 0.302. The molecule has 4 rings (SSSR count). The summed E-state index contributed by atoms with van der Waals surface area (Å²) >= 11 is 3.59. The van der Waals surface area contributed by atoms with Crippen molar-refractivity contribution in [2.45, 2.75) is 77.8 Å². The zero-order valence-electron chi connectivity index (χ0n) is 20.6. The Morgan fingerprint density at radius 1 is 1.21 bits per heavy atom. The molecule has 0 bridgehead atoms. The standard InChI is InChI=1S/C24H36BrN5O.C2H6/c1-29(17-18-8-4-2-3-5-9-18)13-7-12-26-23-15-22(19-10-6-11-20(31)14-19)28-24-21(25)16-27-30(23)24;1-2/h6,11,14,16,18-19,23,26,31H,2-5,7-10,12-13,15,17H2,1H3;1-2H3. The molecule has 184 valence electrons. The van der Waals surface area contributed by atoms with Gasteiger partial charge in [-0.15, -0.1) is 0 Å². The molecule has 0 aromatic carbocycles. The number of hydrogen-bond donors (Lipinski definition) is 2. The van der Waals surface area contributed by atoms with Gasteiger partial charge in [0.25, 0.3) is 0 Å². The minimum absolute atomic E-state index is 0.0995. The van der Waals surface area contributed by atoms with Gasteiger partial charge in [0.15, 0.2) is 5.82 Å². The lowest BCUT2D eigenvalue weighted by Crippen LogP contribution is -2.35. The van der Waals surface area contributed by atoms with Gasteiger partial charge < -0.3 is 10.0 Å². The van der Waals surface area contributed by atoms with Gasteiger partial charge in [0.05, 0.1) is 10.7 Å². The molecule has 2 N–H and O–H groups in total. The molecule has 0 saturated heterocycles. The van der Waals surface area contributed by atoms with E-state index in [9.17, 15) is 5.11 Å². The van der Waals surface area contributed by atoms with Crippen molar-refractivity contribution in [3.05, 3.63) is 34.7 Å². The molecule has 2 heterocycles. The largest absolute Gasteiger partial charge is 0.508 e. The van der Waals surface area contributed by atoms with Gasteiger partial charge in [0.1, 0.15) is 11.9 Å². The molecule has 1 aromatic heterocycles. The predicted molar refractivity (Wildman–Crippen MR) is 141 cm³/mol. The number of fused-ring (bicyclic) bond motifs is 1. The van der Waals surface area contributed by atoms with Gasteiger partial charge in [-0.25, -0.2) is 9.67 Å². The van der Waals surface area contributed by atoms with Crippen molar-refractivity contribution in [2.24, 2.45) is 16.8 Å². The number of aliphatic hydroxyl groups is 1. The van der Waals surface area contributed by atoms with Crippen LogP contribution in [0.2, 0.25) is 0 Å². The smallest absolute Gasteiger partial charge is 0.166 e. The van der Waals surface area contributed by atoms with Gasteiger partial charge in [-0.3, -0.25) is 5.32 Å². The first-order valence-electron chi connectivity index (χ1n) is 12.9. The number of allylic oxidation sites excluding steroid dienone is 3. The average molecular weight is 521 g/mol. The SMILES string of the molecule is CC.CN(CCCNC1CC(C2C=C(O)C=CC2)=Nc2c(Br)cnn21)CC1CCCCCC1. The van der Waals surface area contributed by atoms with Gasteiger partial charge >= 0.3 is 0 Å². The predicted octanol–water partition coefficient (Wildman–Crippen LogP) is 6.55. The highest BCUT2D eigenvalue weighted by atomic mass is 79.9. The topological polar surface area (TPSA) is 65.7 Å². The molecule has 33 heavy (non-hydrogen) atoms. The maximum atomic E-state index is 9.92. The van der Waals surface area contributed by atoms with Gasteiger partial charge in [-0.05, 0) is 79.8 Å². The Bertz CT molecular complexity index is 823. The zero-order valence-corrected chi connectivity index (χ0v) is 22.2. The molecule has 1 saturated carbocycles. The van der Waals surface area contributed by atoms with Crippen LogP contribution in [0.5, 0.6) is 0 Å². The Morgan fingerprint density at radius 3 is 2.70 bits per heavy atom. The van der Waals surface area contributed by atoms with Crippen LogP contribution in [-0.2, 0) is 0 Å². The first kappa shape index (κ1) is 26.2. The lowest BCUT2D eigenvalue weighted by molar-refractivity contribution is 0.252. The van der Waals surface area contributed by atoms with Gasteiger partial charge in [-0.2, -0.15) is 5.10 Å². The molecule has 0 radical (unpaired) electrons. The summed E-state index contributed by atoms with van der Waals surface area (Å²) in [6.45, 7) is 7.31. The van der Waals surface area contributed by atoms with Crippen molar-refractivity contribution >= 4 is 27.5 Å². The Balaban J connectivity index is 0.00000149. The third-order valence-corrected chi connectivity index (χ3v) is 7.35. The van der Waals surface area contributed by atoms with E-state index in [1.54, 1.807) is 6.08 Å². The molecule has 2 aliphatic carbocycles. The first-order valence-corrected chi connectivity index (χ1v) is 13.7. The number of aliphatic hydroxyl groups excluding tert-OH is 1. The molecule has 7 heteroatoms. The second-order valence-electron chi connectivity index (χ2n) is 9.35. The van der Waals surface area contributed by atoms with Crippen LogP contribution in [0, 0.1) is 11.8 Å². The number of hydrogen-bond acceptors (Lipinski definition) is 5. The van der Waals surface area contributed by atoms with E-state index in [0.717, 1.165) is 54.3 Å². The molecule has 2 unspecified atom stereocenters. The van der Waals surface area contributed by atoms with E-state index in [4.69, 9.17) is 4.99 Å². The van der Waals surface area contributed by atoms with Gasteiger partial charge in [0.2, 0.25) is 0 Å². The van der Waals surface area contributed by atoms with Gasteiger partial charge in [0, 0.05) is 24.6 Å². The molecule has 3 aliphatic rings. The van der Waals surface area contributed by atoms with Crippen LogP contribution >= 0.6 is 15.9 Å². The van der Waals surface area contributed by atoms with Crippen LogP contribution in [0.1, 0.15) is 77.8 Å². The first-order chi connectivity index (χ1) is 16.1. The molecule has 1 fully saturated rings. The average Bonchev–Trinajstić information content (AvgIpc) is 3.02. The minimum atomic E-state index is 0.0995. The molecule has 2 atom stereocenters. The summed E-state index contributed by atoms with van der Waals surface area (Å²) in [5.74, 6) is 2.23. The number of nitrogens with zero attached hydrogens (tertiary/aromatic N) is 4. The maximum absolute atomic E-state index is 9.92. The summed E-state index contributed by atoms with van der Waals surface area (Å²) in [7, 11) is 2.27. The van der Waals surface area contributed by atoms with Crippen molar-refractivity contribution < 1.29 is 5.11 Å². The van der Waals surface area contributed by atoms with E-state index in [0.29, 0.717) is 5.76 Å². The third kappa shape index (κ3) is 7.52. The van der Waals surface area contributed by atoms with Crippen molar-refractivity contribution in [2.75, 3.05) is 26.7 Å². The number of rotatable bonds is 8. The van der Waals surface area contributed by atoms with Crippen molar-refractivity contribution in [3.63, 3.8) is 0 Å². The minimum Gasteiger partial charge on any atom is -0.508 e. The van der Waals surface area contributed by atoms with Gasteiger partial charge in [-0.1, -0.05) is 45.6 Å². The number of halogens is 1. The highest BCUT2D eigenvalue weighted by Gasteiger charge is 2.28. The van der Waals surface area contributed by atoms with Crippen LogP contribution in [0.25, 0.3) is 0 Å². The number of aliphatic imine (C=N–C) groups is 1. The fourth-order valence-electron chi connectivity index (χ4n) is 5.12. The third-order valence-electron chi connectivity index (χ3n) is 6.79. The highest BCUT2D eigenvalue weighted by Crippen LogP contribution is 2.35. The summed E-state index contributed by atoms with van der Waals surface area (Å²) < 4.78 is 2.91. The van der Waals surface area contributed by atoms with E-state index >= 15 is 0 Å². The fraction of sp³-hybridized carbons (Fsp3) is 0.692. The lowest BCUT2D eigenvalue weighted by Gasteiger charge is -2.29. The summed E-state index contributed by atoms with van der Waals surface area (Å²) in [5.41, 5.74) is 1.10. The Kier molecular flexibility index (Phi) is 10.7. The Morgan fingerprint density at radius 2 is 1.97 bits per heavy atom. The maximum Gasteiger partial charge on any atom is 0.166 e. The molecular weight excluding hydrogens is 478 g/mol. The summed E-state index contributed by atoms with van der Waals surface area (Å²) in [5, 5.41) is 18.2. The highest BCUT2D eigenvalue weighted by molar-refractivity contribution is 9.10. The van der Waals surface area contributed by atoms with Crippen LogP contribution in [0.15, 0.2) is 39.6 Å². The van der Waals surface area contributed by atoms with E-state index in [1.807, 2.05) is 36.9 Å². The summed E-state index contributed by atoms with van der Waals surface area (Å²) in [6.07, 6.45) is 18.9. The van der Waals surface area contributed by atoms with Crippen LogP contribution in [0.3, 0.4) is 0 Å². The molecule has 1 aliphatic heterocycles. The van der Waals surface area contributed by atoms with Crippen molar-refractivity contribution in [3.8, 4) is 0 Å². The van der Waals surface area contributed by atoms with Crippen molar-refractivity contribution in [1.82, 2.24) is 20.0 Å². The van der Waals surface area contributed by atoms with Crippen LogP contribution in [-0.4, -0.2) is 52.2 Å². The fourth-order valence-corrected chi connectivity index (χ4v) is 5.48. The monoisotopic (exact) mass is 519 g/mol. The Hall–Kier alpha value is -1.44.